The number of anilines is 1. The first-order valence-electron chi connectivity index (χ1n) is 7.91. The van der Waals surface area contributed by atoms with Gasteiger partial charge in [0.1, 0.15) is 5.76 Å². The highest BCUT2D eigenvalue weighted by Crippen LogP contribution is 2.31. The molecule has 0 atom stereocenters. The number of aromatic nitrogens is 4. The van der Waals surface area contributed by atoms with Crippen LogP contribution in [0, 0.1) is 0 Å². The lowest BCUT2D eigenvalue weighted by atomic mass is 10.2. The number of benzene rings is 1. The molecule has 140 valence electrons. The van der Waals surface area contributed by atoms with E-state index in [1.807, 2.05) is 6.92 Å². The van der Waals surface area contributed by atoms with Crippen LogP contribution in [0.15, 0.2) is 34.7 Å². The summed E-state index contributed by atoms with van der Waals surface area (Å²) in [4.78, 5) is 12.3. The van der Waals surface area contributed by atoms with Crippen LogP contribution >= 0.6 is 35.4 Å². The third kappa shape index (κ3) is 4.62. The van der Waals surface area contributed by atoms with E-state index in [-0.39, 0.29) is 10.9 Å². The van der Waals surface area contributed by atoms with Crippen LogP contribution in [-0.2, 0) is 6.54 Å². The van der Waals surface area contributed by atoms with Crippen LogP contribution in [0.1, 0.15) is 23.9 Å². The number of hydrogen-bond donors (Lipinski definition) is 2. The largest absolute Gasteiger partial charge is 0.451 e. The second kappa shape index (κ2) is 8.47. The summed E-state index contributed by atoms with van der Waals surface area (Å²) >= 11 is 17.3. The number of nitrogens with one attached hydrogen (secondary N) is 2. The highest BCUT2D eigenvalue weighted by molar-refractivity contribution is 7.80. The minimum absolute atomic E-state index is 0.0471. The lowest BCUT2D eigenvalue weighted by molar-refractivity contribution is 0.0951. The molecule has 3 aromatic rings. The Morgan fingerprint density at radius 2 is 2.11 bits per heavy atom. The lowest BCUT2D eigenvalue weighted by Crippen LogP contribution is -2.34. The van der Waals surface area contributed by atoms with E-state index in [1.165, 1.54) is 6.07 Å². The van der Waals surface area contributed by atoms with Gasteiger partial charge >= 0.3 is 0 Å². The highest BCUT2D eigenvalue weighted by Gasteiger charge is 2.16. The van der Waals surface area contributed by atoms with E-state index >= 15 is 0 Å². The van der Waals surface area contributed by atoms with Gasteiger partial charge in [0, 0.05) is 17.1 Å². The molecular weight excluding hydrogens is 411 g/mol. The molecule has 3 rings (SSSR count). The fourth-order valence-corrected chi connectivity index (χ4v) is 2.81. The smallest absolute Gasteiger partial charge is 0.293 e. The molecule has 2 aromatic heterocycles. The first-order chi connectivity index (χ1) is 13.0. The van der Waals surface area contributed by atoms with Crippen molar-refractivity contribution in [3.63, 3.8) is 0 Å². The standard InChI is InChI=1S/C16H14Cl2N6O2S/c1-2-7-24-15(21-22-23-24)20-16(27)19-14(25)13-6-5-12(26-13)10-8-9(17)3-4-11(10)18/h3-6,8H,2,7H2,1H3,(H2,19,20,21,23,25,27). The van der Waals surface area contributed by atoms with Gasteiger partial charge in [-0.2, -0.15) is 0 Å². The van der Waals surface area contributed by atoms with E-state index in [0.717, 1.165) is 6.42 Å². The normalized spacial score (nSPS) is 10.6. The minimum Gasteiger partial charge on any atom is -0.451 e. The van der Waals surface area contributed by atoms with Crippen LogP contribution in [0.3, 0.4) is 0 Å². The molecule has 0 spiro atoms. The average molecular weight is 425 g/mol. The molecule has 0 radical (unpaired) electrons. The Kier molecular flexibility index (Phi) is 6.04. The Hall–Kier alpha value is -2.49. The first kappa shape index (κ1) is 19.3. The quantitative estimate of drug-likeness (QED) is 0.601. The number of thiocarbonyl (C=S) groups is 1. The molecule has 0 aliphatic heterocycles. The zero-order valence-electron chi connectivity index (χ0n) is 14.1. The van der Waals surface area contributed by atoms with Crippen molar-refractivity contribution in [1.82, 2.24) is 25.5 Å². The van der Waals surface area contributed by atoms with Gasteiger partial charge in [-0.1, -0.05) is 35.2 Å². The second-order valence-corrected chi connectivity index (χ2v) is 6.67. The average Bonchev–Trinajstić information content (AvgIpc) is 3.27. The maximum atomic E-state index is 12.3. The van der Waals surface area contributed by atoms with E-state index < -0.39 is 5.91 Å². The SMILES string of the molecule is CCCn1nnnc1NC(=S)NC(=O)c1ccc(-c2cc(Cl)ccc2Cl)o1. The molecule has 11 heteroatoms. The summed E-state index contributed by atoms with van der Waals surface area (Å²) in [5.74, 6) is 0.302. The summed E-state index contributed by atoms with van der Waals surface area (Å²) in [6, 6.07) is 8.13. The van der Waals surface area contributed by atoms with Crippen molar-refractivity contribution in [1.29, 1.82) is 0 Å². The number of nitrogens with zero attached hydrogens (tertiary/aromatic N) is 4. The van der Waals surface area contributed by atoms with Crippen molar-refractivity contribution in [3.8, 4) is 11.3 Å². The van der Waals surface area contributed by atoms with Gasteiger partial charge in [0.05, 0.1) is 5.02 Å². The number of hydrogen-bond acceptors (Lipinski definition) is 6. The van der Waals surface area contributed by atoms with Crippen molar-refractivity contribution in [3.05, 3.63) is 46.1 Å². The molecule has 1 amide bonds. The second-order valence-electron chi connectivity index (χ2n) is 5.42. The number of rotatable bonds is 5. The maximum absolute atomic E-state index is 12.3. The summed E-state index contributed by atoms with van der Waals surface area (Å²) in [5.41, 5.74) is 0.586. The third-order valence-corrected chi connectivity index (χ3v) is 4.21. The number of tetrazole rings is 1. The van der Waals surface area contributed by atoms with E-state index in [9.17, 15) is 4.79 Å². The Bertz CT molecular complexity index is 987. The Balaban J connectivity index is 1.68. The number of halogens is 2. The molecule has 0 saturated carbocycles. The number of amides is 1. The van der Waals surface area contributed by atoms with Gasteiger partial charge in [0.2, 0.25) is 5.95 Å². The minimum atomic E-state index is -0.522. The summed E-state index contributed by atoms with van der Waals surface area (Å²) in [5, 5.41) is 17.5. The molecule has 27 heavy (non-hydrogen) atoms. The molecule has 0 fully saturated rings. The van der Waals surface area contributed by atoms with Crippen molar-refractivity contribution in [2.24, 2.45) is 0 Å². The van der Waals surface area contributed by atoms with Crippen LogP contribution in [0.2, 0.25) is 10.0 Å². The van der Waals surface area contributed by atoms with Crippen LogP contribution in [0.25, 0.3) is 11.3 Å². The number of carbonyl (C=O) groups is 1. The van der Waals surface area contributed by atoms with Crippen LogP contribution in [0.5, 0.6) is 0 Å². The maximum Gasteiger partial charge on any atom is 0.293 e. The third-order valence-electron chi connectivity index (χ3n) is 3.44. The van der Waals surface area contributed by atoms with Crippen molar-refractivity contribution in [2.45, 2.75) is 19.9 Å². The first-order valence-corrected chi connectivity index (χ1v) is 9.08. The van der Waals surface area contributed by atoms with E-state index in [1.54, 1.807) is 28.9 Å². The van der Waals surface area contributed by atoms with E-state index in [2.05, 4.69) is 26.2 Å². The zero-order valence-corrected chi connectivity index (χ0v) is 16.4. The molecule has 1 aromatic carbocycles. The molecule has 0 bridgehead atoms. The molecule has 0 saturated heterocycles. The summed E-state index contributed by atoms with van der Waals surface area (Å²) < 4.78 is 7.12. The van der Waals surface area contributed by atoms with E-state index in [0.29, 0.717) is 33.9 Å². The monoisotopic (exact) mass is 424 g/mol. The summed E-state index contributed by atoms with van der Waals surface area (Å²) in [6.07, 6.45) is 0.847. The Labute approximate surface area is 169 Å². The van der Waals surface area contributed by atoms with Crippen molar-refractivity contribution in [2.75, 3.05) is 5.32 Å². The molecule has 2 heterocycles. The highest BCUT2D eigenvalue weighted by atomic mass is 35.5. The van der Waals surface area contributed by atoms with Gasteiger partial charge in [0.15, 0.2) is 10.9 Å². The summed E-state index contributed by atoms with van der Waals surface area (Å²) in [7, 11) is 0. The van der Waals surface area contributed by atoms with Gasteiger partial charge in [-0.25, -0.2) is 4.68 Å². The number of carbonyl (C=O) groups excluding carboxylic acids is 1. The zero-order chi connectivity index (χ0) is 19.4. The van der Waals surface area contributed by atoms with E-state index in [4.69, 9.17) is 39.8 Å². The predicted octanol–water partition coefficient (Wildman–Crippen LogP) is 3.78. The molecule has 0 aliphatic carbocycles. The Morgan fingerprint density at radius 3 is 2.89 bits per heavy atom. The topological polar surface area (TPSA) is 97.9 Å². The van der Waals surface area contributed by atoms with Crippen molar-refractivity contribution < 1.29 is 9.21 Å². The van der Waals surface area contributed by atoms with Gasteiger partial charge < -0.3 is 4.42 Å². The van der Waals surface area contributed by atoms with Gasteiger partial charge in [-0.15, -0.1) is 0 Å². The number of furan rings is 1. The number of aryl methyl sites for hydroxylation is 1. The van der Waals surface area contributed by atoms with Gasteiger partial charge in [-0.05, 0) is 59.4 Å². The van der Waals surface area contributed by atoms with Crippen LogP contribution in [-0.4, -0.2) is 31.2 Å². The van der Waals surface area contributed by atoms with Gasteiger partial charge in [0.25, 0.3) is 5.91 Å². The fraction of sp³-hybridized carbons (Fsp3) is 0.188. The molecule has 0 unspecified atom stereocenters. The molecular formula is C16H14Cl2N6O2S. The van der Waals surface area contributed by atoms with Crippen LogP contribution < -0.4 is 10.6 Å². The summed E-state index contributed by atoms with van der Waals surface area (Å²) in [6.45, 7) is 2.61. The van der Waals surface area contributed by atoms with Crippen molar-refractivity contribution >= 4 is 52.4 Å². The Morgan fingerprint density at radius 1 is 1.30 bits per heavy atom. The van der Waals surface area contributed by atoms with Crippen LogP contribution in [0.4, 0.5) is 5.95 Å². The fourth-order valence-electron chi connectivity index (χ4n) is 2.25. The lowest BCUT2D eigenvalue weighted by Gasteiger charge is -2.08. The molecule has 8 nitrogen and oxygen atoms in total. The molecule has 2 N–H and O–H groups in total. The molecule has 0 aliphatic rings. The predicted molar refractivity (Wildman–Crippen MR) is 106 cm³/mol. The van der Waals surface area contributed by atoms with Gasteiger partial charge in [-0.3, -0.25) is 15.4 Å².